The van der Waals surface area contributed by atoms with Gasteiger partial charge in [0.05, 0.1) is 4.92 Å². The van der Waals surface area contributed by atoms with E-state index in [1.807, 2.05) is 6.92 Å². The minimum absolute atomic E-state index is 0.118. The number of nitrogens with zero attached hydrogens (tertiary/aromatic N) is 3. The Bertz CT molecular complexity index is 457. The molecule has 0 unspecified atom stereocenters. The van der Waals surface area contributed by atoms with E-state index in [0.29, 0.717) is 25.2 Å². The third-order valence-corrected chi connectivity index (χ3v) is 2.74. The molecule has 106 valence electrons. The van der Waals surface area contributed by atoms with Crippen molar-refractivity contribution in [2.24, 2.45) is 0 Å². The molecule has 1 amide bonds. The number of H-pyrrole nitrogens is 1. The van der Waals surface area contributed by atoms with Gasteiger partial charge < -0.3 is 10.2 Å². The van der Waals surface area contributed by atoms with Crippen LogP contribution in [0.2, 0.25) is 0 Å². The minimum atomic E-state index is -0.548. The molecule has 0 atom stereocenters. The fourth-order valence-corrected chi connectivity index (χ4v) is 1.70. The van der Waals surface area contributed by atoms with E-state index < -0.39 is 10.8 Å². The fraction of sp³-hybridized carbons (Fsp3) is 0.636. The number of aromatic amines is 1. The molecular formula is C11H19N5O3. The minimum Gasteiger partial charge on any atom is -0.339 e. The molecule has 0 spiro atoms. The number of nitro groups is 1. The lowest BCUT2D eigenvalue weighted by Crippen LogP contribution is -2.33. The molecule has 0 saturated heterocycles. The molecule has 1 aromatic heterocycles. The van der Waals surface area contributed by atoms with Gasteiger partial charge in [-0.05, 0) is 13.5 Å². The molecule has 0 aromatic carbocycles. The second-order valence-electron chi connectivity index (χ2n) is 4.24. The van der Waals surface area contributed by atoms with Crippen LogP contribution >= 0.6 is 0 Å². The number of carbonyl (C=O) groups excluding carboxylic acids is 1. The van der Waals surface area contributed by atoms with E-state index in [4.69, 9.17) is 0 Å². The summed E-state index contributed by atoms with van der Waals surface area (Å²) in [4.78, 5) is 24.1. The van der Waals surface area contributed by atoms with Crippen LogP contribution in [0.15, 0.2) is 0 Å². The van der Waals surface area contributed by atoms with Gasteiger partial charge in [-0.3, -0.25) is 20.0 Å². The van der Waals surface area contributed by atoms with Crippen LogP contribution in [0.25, 0.3) is 0 Å². The van der Waals surface area contributed by atoms with E-state index in [1.165, 1.54) is 4.90 Å². The number of likely N-dealkylation sites (N-methyl/N-ethyl adjacent to an activating group) is 2. The van der Waals surface area contributed by atoms with Crippen LogP contribution < -0.4 is 5.32 Å². The smallest absolute Gasteiger partial charge is 0.322 e. The first-order chi connectivity index (χ1) is 9.02. The van der Waals surface area contributed by atoms with E-state index >= 15 is 0 Å². The second kappa shape index (κ2) is 6.83. The van der Waals surface area contributed by atoms with Crippen molar-refractivity contribution in [2.75, 3.05) is 27.2 Å². The lowest BCUT2D eigenvalue weighted by molar-refractivity contribution is -0.385. The first kappa shape index (κ1) is 15.1. The van der Waals surface area contributed by atoms with Gasteiger partial charge in [0.2, 0.25) is 5.69 Å². The monoisotopic (exact) mass is 269 g/mol. The fourth-order valence-electron chi connectivity index (χ4n) is 1.70. The summed E-state index contributed by atoms with van der Waals surface area (Å²) in [7, 11) is 3.37. The zero-order valence-corrected chi connectivity index (χ0v) is 11.4. The Balaban J connectivity index is 2.99. The van der Waals surface area contributed by atoms with Crippen LogP contribution in [0, 0.1) is 10.1 Å². The molecule has 19 heavy (non-hydrogen) atoms. The number of amides is 1. The van der Waals surface area contributed by atoms with Gasteiger partial charge >= 0.3 is 5.69 Å². The Labute approximate surface area is 111 Å². The Morgan fingerprint density at radius 3 is 2.79 bits per heavy atom. The van der Waals surface area contributed by atoms with Crippen molar-refractivity contribution < 1.29 is 9.72 Å². The molecule has 0 bridgehead atoms. The summed E-state index contributed by atoms with van der Waals surface area (Å²) in [6.07, 6.45) is 1.24. The predicted octanol–water partition coefficient (Wildman–Crippen LogP) is 0.562. The second-order valence-corrected chi connectivity index (χ2v) is 4.24. The number of aryl methyl sites for hydroxylation is 1. The molecule has 1 rings (SSSR count). The third-order valence-electron chi connectivity index (χ3n) is 2.74. The summed E-state index contributed by atoms with van der Waals surface area (Å²) in [5.41, 5.74) is 0.0769. The Morgan fingerprint density at radius 2 is 2.26 bits per heavy atom. The van der Waals surface area contributed by atoms with Gasteiger partial charge in [-0.15, -0.1) is 0 Å². The molecule has 0 aliphatic carbocycles. The van der Waals surface area contributed by atoms with E-state index in [9.17, 15) is 14.9 Å². The lowest BCUT2D eigenvalue weighted by atomic mass is 10.2. The van der Waals surface area contributed by atoms with Gasteiger partial charge in [-0.2, -0.15) is 5.10 Å². The maximum absolute atomic E-state index is 12.1. The van der Waals surface area contributed by atoms with Gasteiger partial charge in [-0.25, -0.2) is 0 Å². The van der Waals surface area contributed by atoms with Crippen LogP contribution in [0.1, 0.15) is 29.5 Å². The number of aromatic nitrogens is 2. The largest absolute Gasteiger partial charge is 0.339 e. The summed E-state index contributed by atoms with van der Waals surface area (Å²) in [5.74, 6) is -0.444. The van der Waals surface area contributed by atoms with Crippen LogP contribution in [-0.2, 0) is 6.42 Å². The highest BCUT2D eigenvalue weighted by Gasteiger charge is 2.30. The van der Waals surface area contributed by atoms with Crippen molar-refractivity contribution in [3.63, 3.8) is 0 Å². The summed E-state index contributed by atoms with van der Waals surface area (Å²) in [5, 5.41) is 20.4. The Morgan fingerprint density at radius 1 is 1.58 bits per heavy atom. The van der Waals surface area contributed by atoms with Crippen LogP contribution in [0.3, 0.4) is 0 Å². The average molecular weight is 269 g/mol. The SMILES string of the molecule is CCCc1[nH]nc(C(=O)N(C)CCNC)c1[N+](=O)[O-]. The molecule has 8 heteroatoms. The van der Waals surface area contributed by atoms with E-state index in [0.717, 1.165) is 6.42 Å². The van der Waals surface area contributed by atoms with Crippen LogP contribution in [-0.4, -0.2) is 53.1 Å². The molecule has 2 N–H and O–H groups in total. The number of nitrogens with one attached hydrogen (secondary N) is 2. The number of hydrogen-bond acceptors (Lipinski definition) is 5. The van der Waals surface area contributed by atoms with Crippen molar-refractivity contribution in [1.29, 1.82) is 0 Å². The van der Waals surface area contributed by atoms with E-state index in [-0.39, 0.29) is 11.4 Å². The van der Waals surface area contributed by atoms with Crippen molar-refractivity contribution >= 4 is 11.6 Å². The van der Waals surface area contributed by atoms with Gasteiger partial charge in [0.1, 0.15) is 5.69 Å². The highest BCUT2D eigenvalue weighted by atomic mass is 16.6. The molecule has 0 fully saturated rings. The maximum atomic E-state index is 12.1. The lowest BCUT2D eigenvalue weighted by Gasteiger charge is -2.14. The summed E-state index contributed by atoms with van der Waals surface area (Å²) in [6, 6.07) is 0. The van der Waals surface area contributed by atoms with Crippen molar-refractivity contribution in [1.82, 2.24) is 20.4 Å². The van der Waals surface area contributed by atoms with Gasteiger partial charge in [0.25, 0.3) is 5.91 Å². The predicted molar refractivity (Wildman–Crippen MR) is 70.1 cm³/mol. The zero-order valence-electron chi connectivity index (χ0n) is 11.4. The summed E-state index contributed by atoms with van der Waals surface area (Å²) in [6.45, 7) is 2.98. The number of rotatable bonds is 7. The Kier molecular flexibility index (Phi) is 5.43. The maximum Gasteiger partial charge on any atom is 0.322 e. The molecule has 0 saturated carbocycles. The summed E-state index contributed by atoms with van der Waals surface area (Å²) < 4.78 is 0. The highest BCUT2D eigenvalue weighted by Crippen LogP contribution is 2.23. The average Bonchev–Trinajstić information content (AvgIpc) is 2.79. The molecular weight excluding hydrogens is 250 g/mol. The topological polar surface area (TPSA) is 104 Å². The Hall–Kier alpha value is -1.96. The molecule has 8 nitrogen and oxygen atoms in total. The van der Waals surface area contributed by atoms with E-state index in [1.54, 1.807) is 14.1 Å². The molecule has 1 aromatic rings. The first-order valence-electron chi connectivity index (χ1n) is 6.14. The normalized spacial score (nSPS) is 10.5. The summed E-state index contributed by atoms with van der Waals surface area (Å²) >= 11 is 0. The van der Waals surface area contributed by atoms with Crippen molar-refractivity contribution in [2.45, 2.75) is 19.8 Å². The van der Waals surface area contributed by atoms with Gasteiger partial charge in [0, 0.05) is 20.1 Å². The van der Waals surface area contributed by atoms with E-state index in [2.05, 4.69) is 15.5 Å². The molecule has 1 heterocycles. The van der Waals surface area contributed by atoms with Crippen molar-refractivity contribution in [3.8, 4) is 0 Å². The standard InChI is InChI=1S/C11H19N5O3/c1-4-5-8-10(16(18)19)9(14-13-8)11(17)15(3)7-6-12-2/h12H,4-7H2,1-3H3,(H,13,14). The quantitative estimate of drug-likeness (QED) is 0.556. The van der Waals surface area contributed by atoms with Crippen molar-refractivity contribution in [3.05, 3.63) is 21.5 Å². The molecule has 0 radical (unpaired) electrons. The van der Waals surface area contributed by atoms with Crippen LogP contribution in [0.5, 0.6) is 0 Å². The first-order valence-corrected chi connectivity index (χ1v) is 6.14. The third kappa shape index (κ3) is 3.50. The number of hydrogen-bond donors (Lipinski definition) is 2. The highest BCUT2D eigenvalue weighted by molar-refractivity contribution is 5.96. The number of carbonyl (C=O) groups is 1. The molecule has 0 aliphatic heterocycles. The molecule has 0 aliphatic rings. The zero-order chi connectivity index (χ0) is 14.4. The van der Waals surface area contributed by atoms with Crippen LogP contribution in [0.4, 0.5) is 5.69 Å². The van der Waals surface area contributed by atoms with Gasteiger partial charge in [0.15, 0.2) is 0 Å². The van der Waals surface area contributed by atoms with Gasteiger partial charge in [-0.1, -0.05) is 13.3 Å².